The summed E-state index contributed by atoms with van der Waals surface area (Å²) in [6.07, 6.45) is 5.04. The third-order valence-electron chi connectivity index (χ3n) is 3.97. The Hall–Kier alpha value is -0.650. The molecule has 104 valence electrons. The second-order valence-electron chi connectivity index (χ2n) is 5.18. The Balaban J connectivity index is 1.79. The van der Waals surface area contributed by atoms with Crippen LogP contribution in [0.15, 0.2) is 0 Å². The number of nitrogens with one attached hydrogen (secondary N) is 2. The monoisotopic (exact) mass is 255 g/mol. The fourth-order valence-corrected chi connectivity index (χ4v) is 2.81. The summed E-state index contributed by atoms with van der Waals surface area (Å²) >= 11 is 0. The number of carbonyl (C=O) groups excluding carboxylic acids is 1. The van der Waals surface area contributed by atoms with Crippen LogP contribution in [-0.4, -0.2) is 62.8 Å². The number of likely N-dealkylation sites (N-methyl/N-ethyl adjacent to an activating group) is 1. The van der Waals surface area contributed by atoms with Crippen molar-refractivity contribution in [2.24, 2.45) is 0 Å². The van der Waals surface area contributed by atoms with Crippen LogP contribution >= 0.6 is 0 Å². The number of hydrogen-bond donors (Lipinski definition) is 2. The molecule has 2 N–H and O–H groups in total. The van der Waals surface area contributed by atoms with Crippen molar-refractivity contribution in [3.63, 3.8) is 0 Å². The molecular formula is C13H25N3O2. The normalized spacial score (nSPS) is 30.1. The molecule has 0 aromatic heterocycles. The summed E-state index contributed by atoms with van der Waals surface area (Å²) in [5.41, 5.74) is 0. The van der Waals surface area contributed by atoms with Gasteiger partial charge in [-0.1, -0.05) is 6.42 Å². The molecule has 5 nitrogen and oxygen atoms in total. The third kappa shape index (κ3) is 3.67. The molecule has 2 heterocycles. The summed E-state index contributed by atoms with van der Waals surface area (Å²) in [5.74, 6) is 0.0753. The number of carbonyl (C=O) groups is 1. The van der Waals surface area contributed by atoms with E-state index in [4.69, 9.17) is 4.74 Å². The van der Waals surface area contributed by atoms with Gasteiger partial charge in [0.25, 0.3) is 0 Å². The molecule has 0 aliphatic carbocycles. The molecule has 1 amide bonds. The van der Waals surface area contributed by atoms with Crippen LogP contribution in [0.2, 0.25) is 0 Å². The van der Waals surface area contributed by atoms with Gasteiger partial charge < -0.3 is 15.4 Å². The number of ether oxygens (including phenoxy) is 1. The highest BCUT2D eigenvalue weighted by molar-refractivity contribution is 5.81. The first-order valence-electron chi connectivity index (χ1n) is 7.08. The van der Waals surface area contributed by atoms with Crippen LogP contribution < -0.4 is 10.6 Å². The third-order valence-corrected chi connectivity index (χ3v) is 3.97. The minimum Gasteiger partial charge on any atom is -0.378 e. The highest BCUT2D eigenvalue weighted by Crippen LogP contribution is 2.13. The first-order valence-corrected chi connectivity index (χ1v) is 7.08. The van der Waals surface area contributed by atoms with E-state index in [0.717, 1.165) is 32.7 Å². The Morgan fingerprint density at radius 2 is 2.39 bits per heavy atom. The van der Waals surface area contributed by atoms with E-state index in [1.165, 1.54) is 19.3 Å². The van der Waals surface area contributed by atoms with Crippen LogP contribution in [0.4, 0.5) is 0 Å². The smallest absolute Gasteiger partial charge is 0.239 e. The van der Waals surface area contributed by atoms with Gasteiger partial charge in [0.05, 0.1) is 13.2 Å². The molecule has 18 heavy (non-hydrogen) atoms. The van der Waals surface area contributed by atoms with Crippen molar-refractivity contribution in [2.75, 3.05) is 39.9 Å². The van der Waals surface area contributed by atoms with Crippen LogP contribution in [0.25, 0.3) is 0 Å². The molecule has 2 atom stereocenters. The lowest BCUT2D eigenvalue weighted by Crippen LogP contribution is -2.54. The van der Waals surface area contributed by atoms with Gasteiger partial charge in [-0.3, -0.25) is 9.69 Å². The Bertz CT molecular complexity index is 267. The molecule has 2 aliphatic heterocycles. The Kier molecular flexibility index (Phi) is 5.41. The number of nitrogens with zero attached hydrogens (tertiary/aromatic N) is 1. The molecule has 5 heteroatoms. The molecule has 0 aromatic carbocycles. The molecule has 0 bridgehead atoms. The molecule has 0 radical (unpaired) electrons. The van der Waals surface area contributed by atoms with Gasteiger partial charge >= 0.3 is 0 Å². The zero-order valence-electron chi connectivity index (χ0n) is 11.3. The van der Waals surface area contributed by atoms with Gasteiger partial charge in [-0.2, -0.15) is 0 Å². The van der Waals surface area contributed by atoms with E-state index in [1.807, 2.05) is 0 Å². The Morgan fingerprint density at radius 1 is 1.50 bits per heavy atom. The quantitative estimate of drug-likeness (QED) is 0.740. The minimum absolute atomic E-state index is 0.0753. The molecule has 2 fully saturated rings. The number of morpholine rings is 1. The maximum atomic E-state index is 11.8. The van der Waals surface area contributed by atoms with Crippen molar-refractivity contribution in [2.45, 2.75) is 37.8 Å². The van der Waals surface area contributed by atoms with E-state index in [-0.39, 0.29) is 11.9 Å². The fourth-order valence-electron chi connectivity index (χ4n) is 2.81. The van der Waals surface area contributed by atoms with E-state index in [0.29, 0.717) is 12.6 Å². The van der Waals surface area contributed by atoms with Gasteiger partial charge in [-0.25, -0.2) is 0 Å². The van der Waals surface area contributed by atoms with Gasteiger partial charge in [0.15, 0.2) is 0 Å². The van der Waals surface area contributed by atoms with E-state index in [9.17, 15) is 4.79 Å². The zero-order valence-corrected chi connectivity index (χ0v) is 11.3. The lowest BCUT2D eigenvalue weighted by molar-refractivity contribution is -0.132. The number of hydrogen-bond acceptors (Lipinski definition) is 4. The van der Waals surface area contributed by atoms with Crippen LogP contribution in [-0.2, 0) is 9.53 Å². The molecule has 0 saturated carbocycles. The average molecular weight is 255 g/mol. The van der Waals surface area contributed by atoms with Crippen molar-refractivity contribution in [1.82, 2.24) is 15.5 Å². The van der Waals surface area contributed by atoms with Crippen molar-refractivity contribution < 1.29 is 9.53 Å². The van der Waals surface area contributed by atoms with Crippen molar-refractivity contribution in [3.05, 3.63) is 0 Å². The molecular weight excluding hydrogens is 230 g/mol. The topological polar surface area (TPSA) is 53.6 Å². The van der Waals surface area contributed by atoms with Gasteiger partial charge in [0, 0.05) is 26.2 Å². The first-order chi connectivity index (χ1) is 8.81. The summed E-state index contributed by atoms with van der Waals surface area (Å²) in [5, 5.41) is 6.28. The molecule has 0 spiro atoms. The highest BCUT2D eigenvalue weighted by atomic mass is 16.5. The molecule has 2 unspecified atom stereocenters. The van der Waals surface area contributed by atoms with Crippen molar-refractivity contribution in [1.29, 1.82) is 0 Å². The van der Waals surface area contributed by atoms with Gasteiger partial charge in [-0.05, 0) is 25.8 Å². The zero-order chi connectivity index (χ0) is 12.8. The number of amides is 1. The number of piperidine rings is 1. The predicted octanol–water partition coefficient (Wildman–Crippen LogP) is -0.0346. The maximum Gasteiger partial charge on any atom is 0.239 e. The minimum atomic E-state index is -0.104. The van der Waals surface area contributed by atoms with Crippen LogP contribution in [0, 0.1) is 0 Å². The second-order valence-corrected chi connectivity index (χ2v) is 5.18. The Morgan fingerprint density at radius 3 is 3.11 bits per heavy atom. The summed E-state index contributed by atoms with van der Waals surface area (Å²) in [6.45, 7) is 4.26. The summed E-state index contributed by atoms with van der Waals surface area (Å²) in [4.78, 5) is 14.0. The van der Waals surface area contributed by atoms with Crippen LogP contribution in [0.1, 0.15) is 25.7 Å². The molecule has 0 aromatic rings. The van der Waals surface area contributed by atoms with Gasteiger partial charge in [0.2, 0.25) is 5.91 Å². The average Bonchev–Trinajstić information content (AvgIpc) is 2.45. The van der Waals surface area contributed by atoms with E-state index in [2.05, 4.69) is 15.5 Å². The molecule has 2 aliphatic rings. The van der Waals surface area contributed by atoms with Crippen molar-refractivity contribution >= 4 is 5.91 Å². The highest BCUT2D eigenvalue weighted by Gasteiger charge is 2.28. The van der Waals surface area contributed by atoms with Crippen LogP contribution in [0.3, 0.4) is 0 Å². The number of rotatable bonds is 4. The lowest BCUT2D eigenvalue weighted by Gasteiger charge is -2.35. The van der Waals surface area contributed by atoms with E-state index in [1.54, 1.807) is 7.05 Å². The summed E-state index contributed by atoms with van der Waals surface area (Å²) in [7, 11) is 1.69. The lowest BCUT2D eigenvalue weighted by atomic mass is 10.0. The Labute approximate surface area is 109 Å². The first kappa shape index (κ1) is 13.8. The second kappa shape index (κ2) is 7.07. The predicted molar refractivity (Wildman–Crippen MR) is 70.5 cm³/mol. The molecule has 2 saturated heterocycles. The summed E-state index contributed by atoms with van der Waals surface area (Å²) < 4.78 is 5.41. The maximum absolute atomic E-state index is 11.8. The largest absolute Gasteiger partial charge is 0.378 e. The van der Waals surface area contributed by atoms with E-state index < -0.39 is 0 Å². The van der Waals surface area contributed by atoms with Gasteiger partial charge in [0.1, 0.15) is 6.04 Å². The van der Waals surface area contributed by atoms with Gasteiger partial charge in [-0.15, -0.1) is 0 Å². The SMILES string of the molecule is CNC(=O)C1COCCN1CCC1CCCCN1. The molecule has 2 rings (SSSR count). The van der Waals surface area contributed by atoms with Crippen LogP contribution in [0.5, 0.6) is 0 Å². The fraction of sp³-hybridized carbons (Fsp3) is 0.923. The van der Waals surface area contributed by atoms with Crippen molar-refractivity contribution in [3.8, 4) is 0 Å². The van der Waals surface area contributed by atoms with E-state index >= 15 is 0 Å². The summed E-state index contributed by atoms with van der Waals surface area (Å²) in [6, 6.07) is 0.527. The standard InChI is InChI=1S/C13H25N3O2/c1-14-13(17)12-10-18-9-8-16(12)7-5-11-4-2-3-6-15-11/h11-12,15H,2-10H2,1H3,(H,14,17).